The molecule has 6 heteroatoms. The van der Waals surface area contributed by atoms with Crippen molar-refractivity contribution in [1.82, 2.24) is 19.7 Å². The van der Waals surface area contributed by atoms with E-state index in [0.29, 0.717) is 5.92 Å². The van der Waals surface area contributed by atoms with Crippen LogP contribution in [0, 0.1) is 0 Å². The molecular formula is C16H20N4O2. The summed E-state index contributed by atoms with van der Waals surface area (Å²) >= 11 is 0. The number of hydrogen-bond donors (Lipinski definition) is 1. The van der Waals surface area contributed by atoms with Gasteiger partial charge in [0, 0.05) is 37.6 Å². The smallest absolute Gasteiger partial charge is 0.325 e. The molecule has 3 heterocycles. The molecule has 1 fully saturated rings. The molecule has 0 spiro atoms. The third kappa shape index (κ3) is 3.71. The molecule has 0 unspecified atom stereocenters. The van der Waals surface area contributed by atoms with Gasteiger partial charge in [-0.25, -0.2) is 0 Å². The van der Waals surface area contributed by atoms with E-state index in [1.165, 1.54) is 10.2 Å². The van der Waals surface area contributed by atoms with Crippen LogP contribution in [0.5, 0.6) is 0 Å². The molecule has 0 amide bonds. The lowest BCUT2D eigenvalue weighted by Crippen LogP contribution is -2.34. The molecule has 2 aromatic rings. The molecular weight excluding hydrogens is 280 g/mol. The van der Waals surface area contributed by atoms with Crippen molar-refractivity contribution >= 4 is 5.97 Å². The lowest BCUT2D eigenvalue weighted by molar-refractivity contribution is -0.137. The molecule has 0 radical (unpaired) electrons. The Hall–Kier alpha value is -2.21. The first kappa shape index (κ1) is 14.7. The Kier molecular flexibility index (Phi) is 4.48. The van der Waals surface area contributed by atoms with Crippen LogP contribution in [0.1, 0.15) is 30.0 Å². The van der Waals surface area contributed by atoms with Crippen LogP contribution in [0.3, 0.4) is 0 Å². The van der Waals surface area contributed by atoms with E-state index in [9.17, 15) is 4.79 Å². The number of carboxylic acids is 1. The van der Waals surface area contributed by atoms with E-state index in [2.05, 4.69) is 21.0 Å². The zero-order valence-electron chi connectivity index (χ0n) is 12.4. The number of aliphatic carboxylic acids is 1. The second-order valence-electron chi connectivity index (χ2n) is 5.77. The highest BCUT2D eigenvalue weighted by atomic mass is 16.4. The Morgan fingerprint density at radius 3 is 3.09 bits per heavy atom. The fourth-order valence-electron chi connectivity index (χ4n) is 3.01. The van der Waals surface area contributed by atoms with Gasteiger partial charge in [0.1, 0.15) is 6.54 Å². The lowest BCUT2D eigenvalue weighted by atomic mass is 9.95. The van der Waals surface area contributed by atoms with Gasteiger partial charge in [-0.1, -0.05) is 6.07 Å². The molecule has 1 aliphatic heterocycles. The van der Waals surface area contributed by atoms with Gasteiger partial charge in [0.05, 0.1) is 5.69 Å². The zero-order chi connectivity index (χ0) is 15.4. The van der Waals surface area contributed by atoms with Gasteiger partial charge < -0.3 is 5.11 Å². The van der Waals surface area contributed by atoms with Crippen LogP contribution >= 0.6 is 0 Å². The second-order valence-corrected chi connectivity index (χ2v) is 5.77. The first-order valence-corrected chi connectivity index (χ1v) is 7.57. The maximum absolute atomic E-state index is 10.7. The molecule has 1 N–H and O–H groups in total. The summed E-state index contributed by atoms with van der Waals surface area (Å²) < 4.78 is 1.50. The number of carboxylic acid groups (broad SMARTS) is 1. The van der Waals surface area contributed by atoms with Gasteiger partial charge in [0.15, 0.2) is 0 Å². The standard InChI is InChI=1S/C16H20N4O2/c21-16(22)12-20-8-5-15(18-20)14-4-2-7-19(11-14)10-13-3-1-6-17-9-13/h1,3,5-6,8-9,14H,2,4,7,10-12H2,(H,21,22)/t14-/m0/s1. The predicted molar refractivity (Wildman–Crippen MR) is 81.4 cm³/mol. The monoisotopic (exact) mass is 300 g/mol. The highest BCUT2D eigenvalue weighted by Gasteiger charge is 2.23. The zero-order valence-corrected chi connectivity index (χ0v) is 12.4. The normalized spacial score (nSPS) is 19.2. The first-order chi connectivity index (χ1) is 10.7. The van der Waals surface area contributed by atoms with E-state index in [1.807, 2.05) is 18.3 Å². The number of rotatable bonds is 5. The summed E-state index contributed by atoms with van der Waals surface area (Å²) in [7, 11) is 0. The van der Waals surface area contributed by atoms with Crippen LogP contribution in [0.2, 0.25) is 0 Å². The summed E-state index contributed by atoms with van der Waals surface area (Å²) in [6, 6.07) is 6.00. The minimum Gasteiger partial charge on any atom is -0.480 e. The summed E-state index contributed by atoms with van der Waals surface area (Å²) in [5.41, 5.74) is 2.22. The van der Waals surface area contributed by atoms with Crippen molar-refractivity contribution in [3.05, 3.63) is 48.0 Å². The van der Waals surface area contributed by atoms with Crippen LogP contribution < -0.4 is 0 Å². The van der Waals surface area contributed by atoms with Crippen LogP contribution in [0.4, 0.5) is 0 Å². The number of aromatic nitrogens is 3. The average molecular weight is 300 g/mol. The van der Waals surface area contributed by atoms with Gasteiger partial charge in [-0.15, -0.1) is 0 Å². The molecule has 22 heavy (non-hydrogen) atoms. The Morgan fingerprint density at radius 2 is 2.32 bits per heavy atom. The van der Waals surface area contributed by atoms with Crippen molar-refractivity contribution in [3.63, 3.8) is 0 Å². The van der Waals surface area contributed by atoms with Gasteiger partial charge in [0.25, 0.3) is 0 Å². The van der Waals surface area contributed by atoms with Crippen molar-refractivity contribution in [3.8, 4) is 0 Å². The summed E-state index contributed by atoms with van der Waals surface area (Å²) in [6.07, 6.45) is 7.69. The fourth-order valence-corrected chi connectivity index (χ4v) is 3.01. The number of piperidine rings is 1. The fraction of sp³-hybridized carbons (Fsp3) is 0.438. The van der Waals surface area contributed by atoms with Crippen molar-refractivity contribution in [2.45, 2.75) is 31.8 Å². The molecule has 0 aliphatic carbocycles. The van der Waals surface area contributed by atoms with Crippen molar-refractivity contribution in [1.29, 1.82) is 0 Å². The number of hydrogen-bond acceptors (Lipinski definition) is 4. The Morgan fingerprint density at radius 1 is 1.41 bits per heavy atom. The predicted octanol–water partition coefficient (Wildman–Crippen LogP) is 1.74. The van der Waals surface area contributed by atoms with Crippen molar-refractivity contribution in [2.75, 3.05) is 13.1 Å². The summed E-state index contributed by atoms with van der Waals surface area (Å²) in [4.78, 5) is 17.3. The van der Waals surface area contributed by atoms with Gasteiger partial charge in [-0.3, -0.25) is 19.4 Å². The molecule has 1 saturated heterocycles. The van der Waals surface area contributed by atoms with E-state index in [0.717, 1.165) is 38.2 Å². The molecule has 0 aromatic carbocycles. The van der Waals surface area contributed by atoms with Gasteiger partial charge in [0.2, 0.25) is 0 Å². The first-order valence-electron chi connectivity index (χ1n) is 7.57. The van der Waals surface area contributed by atoms with Gasteiger partial charge in [-0.2, -0.15) is 5.10 Å². The van der Waals surface area contributed by atoms with Gasteiger partial charge in [-0.05, 0) is 37.1 Å². The van der Waals surface area contributed by atoms with Crippen molar-refractivity contribution in [2.24, 2.45) is 0 Å². The van der Waals surface area contributed by atoms with Crippen LogP contribution in [0.25, 0.3) is 0 Å². The highest BCUT2D eigenvalue weighted by Crippen LogP contribution is 2.26. The molecule has 6 nitrogen and oxygen atoms in total. The molecule has 116 valence electrons. The molecule has 0 saturated carbocycles. The lowest BCUT2D eigenvalue weighted by Gasteiger charge is -2.31. The topological polar surface area (TPSA) is 71.2 Å². The molecule has 1 atom stereocenters. The number of nitrogens with zero attached hydrogens (tertiary/aromatic N) is 4. The summed E-state index contributed by atoms with van der Waals surface area (Å²) in [5, 5.41) is 13.2. The second kappa shape index (κ2) is 6.70. The van der Waals surface area contributed by atoms with Crippen LogP contribution in [-0.4, -0.2) is 43.8 Å². The third-order valence-electron chi connectivity index (χ3n) is 4.01. The van der Waals surface area contributed by atoms with E-state index >= 15 is 0 Å². The van der Waals surface area contributed by atoms with E-state index in [4.69, 9.17) is 5.11 Å². The third-order valence-corrected chi connectivity index (χ3v) is 4.01. The number of pyridine rings is 1. The molecule has 1 aliphatic rings. The van der Waals surface area contributed by atoms with E-state index in [1.54, 1.807) is 12.4 Å². The van der Waals surface area contributed by atoms with E-state index in [-0.39, 0.29) is 6.54 Å². The Bertz CT molecular complexity index is 626. The van der Waals surface area contributed by atoms with Crippen molar-refractivity contribution < 1.29 is 9.90 Å². The molecule has 0 bridgehead atoms. The highest BCUT2D eigenvalue weighted by molar-refractivity contribution is 5.66. The Balaban J connectivity index is 1.62. The number of carbonyl (C=O) groups is 1. The quantitative estimate of drug-likeness (QED) is 0.910. The molecule has 3 rings (SSSR count). The van der Waals surface area contributed by atoms with E-state index < -0.39 is 5.97 Å². The minimum absolute atomic E-state index is 0.0773. The molecule has 2 aromatic heterocycles. The van der Waals surface area contributed by atoms with Crippen LogP contribution in [0.15, 0.2) is 36.8 Å². The maximum atomic E-state index is 10.7. The largest absolute Gasteiger partial charge is 0.480 e. The van der Waals surface area contributed by atoms with Crippen LogP contribution in [-0.2, 0) is 17.9 Å². The van der Waals surface area contributed by atoms with Gasteiger partial charge >= 0.3 is 5.97 Å². The number of likely N-dealkylation sites (tertiary alicyclic amines) is 1. The summed E-state index contributed by atoms with van der Waals surface area (Å²) in [5.74, 6) is -0.489. The average Bonchev–Trinajstić information content (AvgIpc) is 2.96. The SMILES string of the molecule is O=C(O)Cn1ccc([C@H]2CCCN(Cc3cccnc3)C2)n1. The maximum Gasteiger partial charge on any atom is 0.325 e. The minimum atomic E-state index is -0.864. The summed E-state index contributed by atoms with van der Waals surface area (Å²) in [6.45, 7) is 2.87. The Labute approximate surface area is 129 Å².